The van der Waals surface area contributed by atoms with Gasteiger partial charge in [0.2, 0.25) is 5.91 Å². The number of aromatic nitrogens is 2. The number of carbonyl (C=O) groups is 2. The molecule has 1 aliphatic rings. The van der Waals surface area contributed by atoms with Crippen molar-refractivity contribution >= 4 is 40.6 Å². The maximum Gasteiger partial charge on any atom is 0.253 e. The molecular formula is C17H20N4O2S2. The zero-order chi connectivity index (χ0) is 17.6. The second-order valence-electron chi connectivity index (χ2n) is 5.92. The van der Waals surface area contributed by atoms with Crippen LogP contribution in [-0.2, 0) is 4.79 Å². The molecule has 0 saturated heterocycles. The van der Waals surface area contributed by atoms with Crippen LogP contribution in [0.1, 0.15) is 41.0 Å². The summed E-state index contributed by atoms with van der Waals surface area (Å²) < 4.78 is 0.764. The average Bonchev–Trinajstić information content (AvgIpc) is 3.25. The van der Waals surface area contributed by atoms with Gasteiger partial charge in [-0.3, -0.25) is 9.59 Å². The maximum absolute atomic E-state index is 12.5. The molecule has 1 heterocycles. The second-order valence-corrected chi connectivity index (χ2v) is 8.33. The van der Waals surface area contributed by atoms with E-state index in [4.69, 9.17) is 0 Å². The lowest BCUT2D eigenvalue weighted by molar-refractivity contribution is -0.113. The monoisotopic (exact) mass is 376 g/mol. The van der Waals surface area contributed by atoms with Gasteiger partial charge in [0, 0.05) is 6.04 Å². The Labute approximate surface area is 154 Å². The first-order valence-corrected chi connectivity index (χ1v) is 10.0. The number of thioether (sulfide) groups is 1. The van der Waals surface area contributed by atoms with Gasteiger partial charge < -0.3 is 10.6 Å². The van der Waals surface area contributed by atoms with Crippen molar-refractivity contribution in [1.82, 2.24) is 15.5 Å². The summed E-state index contributed by atoms with van der Waals surface area (Å²) in [5.41, 5.74) is 1.04. The SMILES string of the molecule is Cc1nnc(SCC(=O)Nc2ccccc2C(=O)NC2CCCC2)s1. The highest BCUT2D eigenvalue weighted by atomic mass is 32.2. The van der Waals surface area contributed by atoms with Crippen LogP contribution in [0.5, 0.6) is 0 Å². The first-order valence-electron chi connectivity index (χ1n) is 8.24. The molecule has 1 aliphatic carbocycles. The Balaban J connectivity index is 1.59. The number of rotatable bonds is 6. The molecule has 0 unspecified atom stereocenters. The molecule has 1 fully saturated rings. The van der Waals surface area contributed by atoms with Crippen LogP contribution in [0, 0.1) is 6.92 Å². The number of aryl methyl sites for hydroxylation is 1. The van der Waals surface area contributed by atoms with E-state index in [9.17, 15) is 9.59 Å². The van der Waals surface area contributed by atoms with Gasteiger partial charge in [-0.1, -0.05) is 48.1 Å². The summed E-state index contributed by atoms with van der Waals surface area (Å²) in [6, 6.07) is 7.34. The molecule has 2 aromatic rings. The molecule has 0 spiro atoms. The fourth-order valence-electron chi connectivity index (χ4n) is 2.77. The third kappa shape index (κ3) is 5.02. The van der Waals surface area contributed by atoms with Crippen molar-refractivity contribution in [2.75, 3.05) is 11.1 Å². The third-order valence-electron chi connectivity index (χ3n) is 3.97. The Hall–Kier alpha value is -1.93. The summed E-state index contributed by atoms with van der Waals surface area (Å²) in [7, 11) is 0. The number of benzene rings is 1. The maximum atomic E-state index is 12.5. The molecule has 1 aromatic heterocycles. The summed E-state index contributed by atoms with van der Waals surface area (Å²) in [6.45, 7) is 1.88. The minimum atomic E-state index is -0.168. The molecule has 0 atom stereocenters. The van der Waals surface area contributed by atoms with Crippen molar-refractivity contribution < 1.29 is 9.59 Å². The minimum Gasteiger partial charge on any atom is -0.349 e. The van der Waals surface area contributed by atoms with E-state index >= 15 is 0 Å². The van der Waals surface area contributed by atoms with E-state index in [1.165, 1.54) is 23.1 Å². The van der Waals surface area contributed by atoms with Crippen molar-refractivity contribution in [2.24, 2.45) is 0 Å². The molecule has 2 N–H and O–H groups in total. The molecule has 1 saturated carbocycles. The van der Waals surface area contributed by atoms with Gasteiger partial charge >= 0.3 is 0 Å². The van der Waals surface area contributed by atoms with Gasteiger partial charge in [-0.05, 0) is 31.9 Å². The standard InChI is InChI=1S/C17H20N4O2S2/c1-11-20-21-17(25-11)24-10-15(22)19-14-9-5-4-8-13(14)16(23)18-12-6-2-3-7-12/h4-5,8-9,12H,2-3,6-7,10H2,1H3,(H,18,23)(H,19,22). The van der Waals surface area contributed by atoms with Crippen molar-refractivity contribution in [3.05, 3.63) is 34.8 Å². The van der Waals surface area contributed by atoms with Crippen molar-refractivity contribution in [1.29, 1.82) is 0 Å². The molecule has 132 valence electrons. The third-order valence-corrected chi connectivity index (χ3v) is 5.94. The molecule has 0 aliphatic heterocycles. The van der Waals surface area contributed by atoms with E-state index in [0.717, 1.165) is 35.0 Å². The molecule has 3 rings (SSSR count). The lowest BCUT2D eigenvalue weighted by Gasteiger charge is -2.14. The van der Waals surface area contributed by atoms with Crippen molar-refractivity contribution in [3.8, 4) is 0 Å². The Kier molecular flexibility index (Phi) is 6.04. The van der Waals surface area contributed by atoms with Crippen LogP contribution in [0.3, 0.4) is 0 Å². The number of amides is 2. The van der Waals surface area contributed by atoms with Gasteiger partial charge in [0.1, 0.15) is 5.01 Å². The van der Waals surface area contributed by atoms with Gasteiger partial charge in [0.05, 0.1) is 17.0 Å². The van der Waals surface area contributed by atoms with E-state index in [1.807, 2.05) is 13.0 Å². The first kappa shape index (κ1) is 17.9. The number of hydrogen-bond donors (Lipinski definition) is 2. The van der Waals surface area contributed by atoms with Gasteiger partial charge in [-0.15, -0.1) is 10.2 Å². The van der Waals surface area contributed by atoms with Crippen LogP contribution in [0.15, 0.2) is 28.6 Å². The first-order chi connectivity index (χ1) is 12.1. The number of nitrogens with one attached hydrogen (secondary N) is 2. The fourth-order valence-corrected chi connectivity index (χ4v) is 4.39. The van der Waals surface area contributed by atoms with Crippen LogP contribution in [0.25, 0.3) is 0 Å². The molecule has 0 radical (unpaired) electrons. The van der Waals surface area contributed by atoms with Gasteiger partial charge in [-0.25, -0.2) is 0 Å². The molecule has 6 nitrogen and oxygen atoms in total. The lowest BCUT2D eigenvalue weighted by atomic mass is 10.1. The van der Waals surface area contributed by atoms with Crippen LogP contribution < -0.4 is 10.6 Å². The van der Waals surface area contributed by atoms with E-state index in [2.05, 4.69) is 20.8 Å². The summed E-state index contributed by atoms with van der Waals surface area (Å²) in [5, 5.41) is 14.7. The van der Waals surface area contributed by atoms with Gasteiger partial charge in [-0.2, -0.15) is 0 Å². The number of hydrogen-bond acceptors (Lipinski definition) is 6. The smallest absolute Gasteiger partial charge is 0.253 e. The van der Waals surface area contributed by atoms with Gasteiger partial charge in [0.25, 0.3) is 5.91 Å². The number of anilines is 1. The summed E-state index contributed by atoms with van der Waals surface area (Å²) in [6.07, 6.45) is 4.37. The molecule has 0 bridgehead atoms. The summed E-state index contributed by atoms with van der Waals surface area (Å²) in [5.74, 6) is -0.0677. The average molecular weight is 377 g/mol. The summed E-state index contributed by atoms with van der Waals surface area (Å²) in [4.78, 5) is 24.7. The van der Waals surface area contributed by atoms with Crippen LogP contribution >= 0.6 is 23.1 Å². The fraction of sp³-hybridized carbons (Fsp3) is 0.412. The quantitative estimate of drug-likeness (QED) is 0.756. The largest absolute Gasteiger partial charge is 0.349 e. The van der Waals surface area contributed by atoms with E-state index < -0.39 is 0 Å². The lowest BCUT2D eigenvalue weighted by Crippen LogP contribution is -2.33. The van der Waals surface area contributed by atoms with Crippen LogP contribution in [0.2, 0.25) is 0 Å². The Morgan fingerprint density at radius 2 is 2.00 bits per heavy atom. The number of nitrogens with zero attached hydrogens (tertiary/aromatic N) is 2. The number of para-hydroxylation sites is 1. The Bertz CT molecular complexity index is 757. The van der Waals surface area contributed by atoms with Gasteiger partial charge in [0.15, 0.2) is 4.34 Å². The Morgan fingerprint density at radius 1 is 1.24 bits per heavy atom. The zero-order valence-electron chi connectivity index (χ0n) is 13.9. The molecule has 1 aromatic carbocycles. The highest BCUT2D eigenvalue weighted by Gasteiger charge is 2.20. The van der Waals surface area contributed by atoms with Crippen LogP contribution in [-0.4, -0.2) is 33.8 Å². The van der Waals surface area contributed by atoms with Crippen LogP contribution in [0.4, 0.5) is 5.69 Å². The van der Waals surface area contributed by atoms with E-state index in [-0.39, 0.29) is 23.6 Å². The van der Waals surface area contributed by atoms with E-state index in [1.54, 1.807) is 18.2 Å². The highest BCUT2D eigenvalue weighted by molar-refractivity contribution is 8.01. The molecule has 25 heavy (non-hydrogen) atoms. The predicted octanol–water partition coefficient (Wildman–Crippen LogP) is 3.25. The normalized spacial score (nSPS) is 14.4. The summed E-state index contributed by atoms with van der Waals surface area (Å²) >= 11 is 2.80. The predicted molar refractivity (Wildman–Crippen MR) is 100 cm³/mol. The molecular weight excluding hydrogens is 356 g/mol. The number of carbonyl (C=O) groups excluding carboxylic acids is 2. The highest BCUT2D eigenvalue weighted by Crippen LogP contribution is 2.23. The van der Waals surface area contributed by atoms with E-state index in [0.29, 0.717) is 11.3 Å². The van der Waals surface area contributed by atoms with Crippen molar-refractivity contribution in [2.45, 2.75) is 43.0 Å². The minimum absolute atomic E-state index is 0.129. The molecule has 8 heteroatoms. The zero-order valence-corrected chi connectivity index (χ0v) is 15.6. The molecule has 2 amide bonds. The Morgan fingerprint density at radius 3 is 2.72 bits per heavy atom. The second kappa shape index (κ2) is 8.44. The topological polar surface area (TPSA) is 84.0 Å². The van der Waals surface area contributed by atoms with Crippen molar-refractivity contribution in [3.63, 3.8) is 0 Å².